The van der Waals surface area contributed by atoms with Gasteiger partial charge in [-0.15, -0.1) is 0 Å². The average molecular weight is 382 g/mol. The van der Waals surface area contributed by atoms with Gasteiger partial charge in [0.25, 0.3) is 0 Å². The lowest BCUT2D eigenvalue weighted by Gasteiger charge is -2.22. The SMILES string of the molecule is CCC(CC)C(N)c1cc(I)ccc1Br. The standard InChI is InChI=1S/C12H17BrIN/c1-3-8(4-2)12(15)10-7-9(14)5-6-11(10)13/h5-8,12H,3-4,15H2,1-2H3. The van der Waals surface area contributed by atoms with Crippen LogP contribution in [0.3, 0.4) is 0 Å². The average Bonchev–Trinajstić information content (AvgIpc) is 2.23. The Morgan fingerprint density at radius 1 is 1.33 bits per heavy atom. The van der Waals surface area contributed by atoms with E-state index in [1.165, 1.54) is 9.13 Å². The van der Waals surface area contributed by atoms with Crippen LogP contribution >= 0.6 is 38.5 Å². The molecule has 1 unspecified atom stereocenters. The van der Waals surface area contributed by atoms with E-state index in [4.69, 9.17) is 5.73 Å². The van der Waals surface area contributed by atoms with Crippen molar-refractivity contribution >= 4 is 38.5 Å². The summed E-state index contributed by atoms with van der Waals surface area (Å²) in [6.45, 7) is 4.41. The third-order valence-electron chi connectivity index (χ3n) is 2.87. The molecule has 0 spiro atoms. The normalized spacial score (nSPS) is 13.2. The van der Waals surface area contributed by atoms with Crippen LogP contribution in [0.1, 0.15) is 38.3 Å². The molecule has 0 radical (unpaired) electrons. The van der Waals surface area contributed by atoms with Crippen molar-refractivity contribution in [3.63, 3.8) is 0 Å². The van der Waals surface area contributed by atoms with Crippen molar-refractivity contribution in [2.45, 2.75) is 32.7 Å². The molecule has 1 aromatic rings. The quantitative estimate of drug-likeness (QED) is 0.764. The molecule has 0 amide bonds. The van der Waals surface area contributed by atoms with Gasteiger partial charge in [-0.3, -0.25) is 0 Å². The molecule has 84 valence electrons. The molecule has 1 nitrogen and oxygen atoms in total. The summed E-state index contributed by atoms with van der Waals surface area (Å²) in [6.07, 6.45) is 2.27. The van der Waals surface area contributed by atoms with Crippen LogP contribution in [0.2, 0.25) is 0 Å². The van der Waals surface area contributed by atoms with Crippen LogP contribution in [0.5, 0.6) is 0 Å². The van der Waals surface area contributed by atoms with E-state index in [1.54, 1.807) is 0 Å². The molecule has 0 saturated heterocycles. The number of benzene rings is 1. The first-order valence-corrected chi connectivity index (χ1v) is 7.17. The van der Waals surface area contributed by atoms with Gasteiger partial charge < -0.3 is 5.73 Å². The van der Waals surface area contributed by atoms with E-state index < -0.39 is 0 Å². The van der Waals surface area contributed by atoms with E-state index in [0.717, 1.165) is 17.3 Å². The maximum atomic E-state index is 6.30. The molecule has 0 aliphatic carbocycles. The zero-order valence-corrected chi connectivity index (χ0v) is 12.9. The predicted molar refractivity (Wildman–Crippen MR) is 77.9 cm³/mol. The topological polar surface area (TPSA) is 26.0 Å². The second-order valence-electron chi connectivity index (χ2n) is 3.77. The third-order valence-corrected chi connectivity index (χ3v) is 4.27. The van der Waals surface area contributed by atoms with Crippen LogP contribution in [0.15, 0.2) is 22.7 Å². The number of rotatable bonds is 4. The Kier molecular flexibility index (Phi) is 5.57. The van der Waals surface area contributed by atoms with Crippen molar-refractivity contribution in [1.29, 1.82) is 0 Å². The molecule has 2 N–H and O–H groups in total. The van der Waals surface area contributed by atoms with Gasteiger partial charge in [-0.2, -0.15) is 0 Å². The number of hydrogen-bond acceptors (Lipinski definition) is 1. The zero-order chi connectivity index (χ0) is 11.4. The Balaban J connectivity index is 2.98. The zero-order valence-electron chi connectivity index (χ0n) is 9.13. The Morgan fingerprint density at radius 3 is 2.47 bits per heavy atom. The van der Waals surface area contributed by atoms with E-state index in [2.05, 4.69) is 70.6 Å². The molecule has 1 rings (SSSR count). The second-order valence-corrected chi connectivity index (χ2v) is 5.87. The minimum Gasteiger partial charge on any atom is -0.324 e. The molecule has 15 heavy (non-hydrogen) atoms. The minimum absolute atomic E-state index is 0.143. The molecular formula is C12H17BrIN. The van der Waals surface area contributed by atoms with Crippen molar-refractivity contribution in [3.05, 3.63) is 31.8 Å². The lowest BCUT2D eigenvalue weighted by molar-refractivity contribution is 0.404. The molecule has 1 atom stereocenters. The lowest BCUT2D eigenvalue weighted by atomic mass is 9.90. The number of halogens is 2. The van der Waals surface area contributed by atoms with Gasteiger partial charge in [0.05, 0.1) is 0 Å². The van der Waals surface area contributed by atoms with Crippen LogP contribution in [-0.4, -0.2) is 0 Å². The van der Waals surface area contributed by atoms with Crippen LogP contribution in [0.25, 0.3) is 0 Å². The summed E-state index contributed by atoms with van der Waals surface area (Å²) in [5, 5.41) is 0. The Morgan fingerprint density at radius 2 is 1.93 bits per heavy atom. The van der Waals surface area contributed by atoms with Crippen molar-refractivity contribution in [1.82, 2.24) is 0 Å². The summed E-state index contributed by atoms with van der Waals surface area (Å²) in [5.41, 5.74) is 7.53. The summed E-state index contributed by atoms with van der Waals surface area (Å²) in [6, 6.07) is 6.49. The Bertz CT molecular complexity index is 323. The Labute approximate surface area is 114 Å². The van der Waals surface area contributed by atoms with Gasteiger partial charge in [0, 0.05) is 14.1 Å². The summed E-state index contributed by atoms with van der Waals surface area (Å²) in [5.74, 6) is 0.569. The molecule has 0 aliphatic heterocycles. The van der Waals surface area contributed by atoms with Gasteiger partial charge in [-0.05, 0) is 52.3 Å². The molecular weight excluding hydrogens is 365 g/mol. The van der Waals surface area contributed by atoms with E-state index in [9.17, 15) is 0 Å². The van der Waals surface area contributed by atoms with E-state index in [0.29, 0.717) is 5.92 Å². The van der Waals surface area contributed by atoms with Crippen molar-refractivity contribution in [3.8, 4) is 0 Å². The van der Waals surface area contributed by atoms with E-state index >= 15 is 0 Å². The fourth-order valence-corrected chi connectivity index (χ4v) is 2.85. The van der Waals surface area contributed by atoms with Gasteiger partial charge in [0.1, 0.15) is 0 Å². The predicted octanol–water partition coefficient (Wildman–Crippen LogP) is 4.49. The van der Waals surface area contributed by atoms with Gasteiger partial charge in [-0.25, -0.2) is 0 Å². The van der Waals surface area contributed by atoms with Crippen LogP contribution in [-0.2, 0) is 0 Å². The van der Waals surface area contributed by atoms with E-state index in [1.807, 2.05) is 0 Å². The second kappa shape index (κ2) is 6.21. The molecule has 1 aromatic carbocycles. The largest absolute Gasteiger partial charge is 0.324 e. The highest BCUT2D eigenvalue weighted by molar-refractivity contribution is 14.1. The third kappa shape index (κ3) is 3.43. The summed E-state index contributed by atoms with van der Waals surface area (Å²) >= 11 is 5.90. The molecule has 0 bridgehead atoms. The van der Waals surface area contributed by atoms with Gasteiger partial charge in [-0.1, -0.05) is 42.6 Å². The molecule has 0 fully saturated rings. The van der Waals surface area contributed by atoms with Crippen molar-refractivity contribution in [2.75, 3.05) is 0 Å². The monoisotopic (exact) mass is 381 g/mol. The van der Waals surface area contributed by atoms with E-state index in [-0.39, 0.29) is 6.04 Å². The van der Waals surface area contributed by atoms with Crippen LogP contribution in [0, 0.1) is 9.49 Å². The molecule has 0 heterocycles. The van der Waals surface area contributed by atoms with Crippen LogP contribution in [0.4, 0.5) is 0 Å². The van der Waals surface area contributed by atoms with Crippen molar-refractivity contribution in [2.24, 2.45) is 11.7 Å². The highest BCUT2D eigenvalue weighted by Gasteiger charge is 2.18. The van der Waals surface area contributed by atoms with Crippen molar-refractivity contribution < 1.29 is 0 Å². The first-order valence-electron chi connectivity index (χ1n) is 5.30. The fraction of sp³-hybridized carbons (Fsp3) is 0.500. The number of nitrogens with two attached hydrogens (primary N) is 1. The fourth-order valence-electron chi connectivity index (χ4n) is 1.82. The van der Waals surface area contributed by atoms with Gasteiger partial charge >= 0.3 is 0 Å². The smallest absolute Gasteiger partial charge is 0.0334 e. The molecule has 0 aliphatic rings. The highest BCUT2D eigenvalue weighted by atomic mass is 127. The maximum Gasteiger partial charge on any atom is 0.0334 e. The molecule has 0 aromatic heterocycles. The van der Waals surface area contributed by atoms with Crippen LogP contribution < -0.4 is 5.73 Å². The summed E-state index contributed by atoms with van der Waals surface area (Å²) < 4.78 is 2.37. The molecule has 3 heteroatoms. The molecule has 0 saturated carbocycles. The van der Waals surface area contributed by atoms with Gasteiger partial charge in [0.15, 0.2) is 0 Å². The first-order chi connectivity index (χ1) is 7.10. The van der Waals surface area contributed by atoms with Gasteiger partial charge in [0.2, 0.25) is 0 Å². The number of hydrogen-bond donors (Lipinski definition) is 1. The maximum absolute atomic E-state index is 6.30. The summed E-state index contributed by atoms with van der Waals surface area (Å²) in [4.78, 5) is 0. The summed E-state index contributed by atoms with van der Waals surface area (Å²) in [7, 11) is 0. The highest BCUT2D eigenvalue weighted by Crippen LogP contribution is 2.31. The lowest BCUT2D eigenvalue weighted by Crippen LogP contribution is -2.21. The Hall–Kier alpha value is 0.390. The minimum atomic E-state index is 0.143. The first kappa shape index (κ1) is 13.5.